The third-order valence-electron chi connectivity index (χ3n) is 5.29. The van der Waals surface area contributed by atoms with Crippen molar-refractivity contribution in [3.63, 3.8) is 0 Å². The van der Waals surface area contributed by atoms with Crippen molar-refractivity contribution in [3.05, 3.63) is 12.2 Å². The summed E-state index contributed by atoms with van der Waals surface area (Å²) >= 11 is 0. The van der Waals surface area contributed by atoms with Gasteiger partial charge in [-0.15, -0.1) is 0 Å². The van der Waals surface area contributed by atoms with E-state index < -0.39 is 11.9 Å². The Morgan fingerprint density at radius 1 is 1.25 bits per heavy atom. The molecule has 4 unspecified atom stereocenters. The molecule has 2 amide bonds. The molecular weight excluding hydrogens is 258 g/mol. The lowest BCUT2D eigenvalue weighted by molar-refractivity contribution is -0.142. The van der Waals surface area contributed by atoms with Crippen LogP contribution in [0.2, 0.25) is 0 Å². The fourth-order valence-corrected chi connectivity index (χ4v) is 3.82. The molecule has 3 rings (SSSR count). The van der Waals surface area contributed by atoms with E-state index in [0.29, 0.717) is 12.8 Å². The predicted molar refractivity (Wildman–Crippen MR) is 70.5 cm³/mol. The molecule has 0 radical (unpaired) electrons. The molecule has 0 spiro atoms. The van der Waals surface area contributed by atoms with Crippen molar-refractivity contribution in [1.29, 1.82) is 0 Å². The molecule has 5 nitrogen and oxygen atoms in total. The summed E-state index contributed by atoms with van der Waals surface area (Å²) in [4.78, 5) is 37.1. The van der Waals surface area contributed by atoms with E-state index in [2.05, 4.69) is 0 Å². The van der Waals surface area contributed by atoms with Crippen LogP contribution in [0.5, 0.6) is 0 Å². The second-order valence-electron chi connectivity index (χ2n) is 6.69. The number of likely N-dealkylation sites (tertiary alicyclic amines) is 1. The van der Waals surface area contributed by atoms with E-state index in [-0.39, 0.29) is 41.5 Å². The van der Waals surface area contributed by atoms with Gasteiger partial charge in [0.2, 0.25) is 11.8 Å². The Labute approximate surface area is 117 Å². The molecule has 0 bridgehead atoms. The van der Waals surface area contributed by atoms with Crippen LogP contribution in [-0.4, -0.2) is 34.3 Å². The van der Waals surface area contributed by atoms with Crippen LogP contribution in [-0.2, 0) is 14.4 Å². The summed E-state index contributed by atoms with van der Waals surface area (Å²) in [6.07, 6.45) is 5.16. The van der Waals surface area contributed by atoms with Crippen molar-refractivity contribution in [2.24, 2.45) is 29.1 Å². The number of hydrogen-bond acceptors (Lipinski definition) is 3. The molecule has 1 heterocycles. The molecule has 2 aliphatic carbocycles. The number of carbonyl (C=O) groups excluding carboxylic acids is 2. The van der Waals surface area contributed by atoms with Crippen molar-refractivity contribution in [1.82, 2.24) is 4.90 Å². The highest BCUT2D eigenvalue weighted by molar-refractivity contribution is 6.05. The lowest BCUT2D eigenvalue weighted by Gasteiger charge is -2.15. The number of nitrogens with zero attached hydrogens (tertiary/aromatic N) is 1. The van der Waals surface area contributed by atoms with Crippen molar-refractivity contribution in [2.75, 3.05) is 6.54 Å². The molecule has 20 heavy (non-hydrogen) atoms. The zero-order valence-corrected chi connectivity index (χ0v) is 11.7. The Hall–Kier alpha value is -1.65. The molecule has 5 heteroatoms. The van der Waals surface area contributed by atoms with Gasteiger partial charge >= 0.3 is 5.97 Å². The molecule has 1 aliphatic heterocycles. The first-order valence-corrected chi connectivity index (χ1v) is 7.08. The van der Waals surface area contributed by atoms with Gasteiger partial charge in [0, 0.05) is 6.54 Å². The highest BCUT2D eigenvalue weighted by Gasteiger charge is 2.63. The Morgan fingerprint density at radius 3 is 2.15 bits per heavy atom. The molecule has 1 saturated heterocycles. The quantitative estimate of drug-likeness (QED) is 0.623. The van der Waals surface area contributed by atoms with Gasteiger partial charge in [0.15, 0.2) is 0 Å². The molecule has 2 fully saturated rings. The number of aliphatic carboxylic acids is 1. The van der Waals surface area contributed by atoms with Gasteiger partial charge in [-0.3, -0.25) is 19.3 Å². The number of fused-ring (bicyclic) bond motifs is 1. The van der Waals surface area contributed by atoms with Gasteiger partial charge in [-0.2, -0.15) is 0 Å². The second kappa shape index (κ2) is 4.17. The first kappa shape index (κ1) is 13.3. The van der Waals surface area contributed by atoms with Gasteiger partial charge in [-0.25, -0.2) is 0 Å². The summed E-state index contributed by atoms with van der Waals surface area (Å²) in [5, 5.41) is 9.17. The molecule has 1 N–H and O–H groups in total. The van der Waals surface area contributed by atoms with Crippen LogP contribution < -0.4 is 0 Å². The topological polar surface area (TPSA) is 74.7 Å². The summed E-state index contributed by atoms with van der Waals surface area (Å²) in [6, 6.07) is 0. The molecule has 0 aromatic rings. The highest BCUT2D eigenvalue weighted by Crippen LogP contribution is 2.59. The van der Waals surface area contributed by atoms with Crippen molar-refractivity contribution < 1.29 is 19.5 Å². The van der Waals surface area contributed by atoms with Crippen molar-refractivity contribution >= 4 is 17.8 Å². The normalized spacial score (nSPS) is 38.0. The van der Waals surface area contributed by atoms with Crippen LogP contribution in [0, 0.1) is 29.1 Å². The number of allylic oxidation sites excluding steroid dienone is 2. The standard InChI is InChI=1S/C15H19NO4/c1-15(2)10(11(15)14(19)20)7-16-12(17)8-5-3-4-6-9(8)13(16)18/h3-4,8-11H,5-7H2,1-2H3,(H,19,20). The summed E-state index contributed by atoms with van der Waals surface area (Å²) in [5.41, 5.74) is -0.335. The fourth-order valence-electron chi connectivity index (χ4n) is 3.82. The van der Waals surface area contributed by atoms with Gasteiger partial charge in [0.1, 0.15) is 0 Å². The highest BCUT2D eigenvalue weighted by atomic mass is 16.4. The third-order valence-corrected chi connectivity index (χ3v) is 5.29. The van der Waals surface area contributed by atoms with Crippen LogP contribution in [0.25, 0.3) is 0 Å². The monoisotopic (exact) mass is 277 g/mol. The zero-order valence-electron chi connectivity index (χ0n) is 11.7. The lowest BCUT2D eigenvalue weighted by atomic mass is 9.85. The lowest BCUT2D eigenvalue weighted by Crippen LogP contribution is -2.34. The Morgan fingerprint density at radius 2 is 1.75 bits per heavy atom. The number of rotatable bonds is 3. The van der Waals surface area contributed by atoms with Gasteiger partial charge in [0.05, 0.1) is 17.8 Å². The largest absolute Gasteiger partial charge is 0.481 e. The number of imide groups is 1. The maximum Gasteiger partial charge on any atom is 0.307 e. The molecule has 3 aliphatic rings. The van der Waals surface area contributed by atoms with Crippen molar-refractivity contribution in [2.45, 2.75) is 26.7 Å². The van der Waals surface area contributed by atoms with Gasteiger partial charge in [-0.1, -0.05) is 26.0 Å². The van der Waals surface area contributed by atoms with Crippen LogP contribution in [0.4, 0.5) is 0 Å². The number of hydrogen-bond donors (Lipinski definition) is 1. The average molecular weight is 277 g/mol. The number of carbonyl (C=O) groups is 3. The summed E-state index contributed by atoms with van der Waals surface area (Å²) in [6.45, 7) is 4.03. The van der Waals surface area contributed by atoms with Crippen molar-refractivity contribution in [3.8, 4) is 0 Å². The number of amides is 2. The molecule has 0 aromatic carbocycles. The van der Waals surface area contributed by atoms with E-state index in [1.54, 1.807) is 0 Å². The first-order valence-electron chi connectivity index (χ1n) is 7.08. The van der Waals surface area contributed by atoms with E-state index in [9.17, 15) is 19.5 Å². The number of carboxylic acid groups (broad SMARTS) is 1. The molecular formula is C15H19NO4. The van der Waals surface area contributed by atoms with E-state index in [4.69, 9.17) is 0 Å². The second-order valence-corrected chi connectivity index (χ2v) is 6.69. The minimum Gasteiger partial charge on any atom is -0.481 e. The molecule has 1 saturated carbocycles. The van der Waals surface area contributed by atoms with E-state index in [0.717, 1.165) is 0 Å². The maximum absolute atomic E-state index is 12.3. The van der Waals surface area contributed by atoms with E-state index >= 15 is 0 Å². The summed E-state index contributed by atoms with van der Waals surface area (Å²) < 4.78 is 0. The van der Waals surface area contributed by atoms with Gasteiger partial charge in [-0.05, 0) is 24.2 Å². The van der Waals surface area contributed by atoms with Crippen LogP contribution in [0.15, 0.2) is 12.2 Å². The predicted octanol–water partition coefficient (Wildman–Crippen LogP) is 1.29. The van der Waals surface area contributed by atoms with E-state index in [1.165, 1.54) is 4.90 Å². The van der Waals surface area contributed by atoms with E-state index in [1.807, 2.05) is 26.0 Å². The SMILES string of the molecule is CC1(C)C(CN2C(=O)C3CC=CCC3C2=O)C1C(=O)O. The fraction of sp³-hybridized carbons (Fsp3) is 0.667. The summed E-state index contributed by atoms with van der Waals surface area (Å²) in [5.74, 6) is -2.09. The number of carboxylic acids is 1. The van der Waals surface area contributed by atoms with Gasteiger partial charge in [0.25, 0.3) is 0 Å². The smallest absolute Gasteiger partial charge is 0.307 e. The summed E-state index contributed by atoms with van der Waals surface area (Å²) in [7, 11) is 0. The van der Waals surface area contributed by atoms with Crippen LogP contribution >= 0.6 is 0 Å². The van der Waals surface area contributed by atoms with Crippen LogP contribution in [0.1, 0.15) is 26.7 Å². The molecule has 4 atom stereocenters. The Balaban J connectivity index is 1.75. The third kappa shape index (κ3) is 1.72. The zero-order chi connectivity index (χ0) is 14.7. The minimum absolute atomic E-state index is 0.115. The Kier molecular flexibility index (Phi) is 2.78. The first-order chi connectivity index (χ1) is 9.35. The Bertz CT molecular complexity index is 496. The van der Waals surface area contributed by atoms with Crippen LogP contribution in [0.3, 0.4) is 0 Å². The molecule has 0 aromatic heterocycles. The van der Waals surface area contributed by atoms with Gasteiger partial charge < -0.3 is 5.11 Å². The average Bonchev–Trinajstić information content (AvgIpc) is 2.86. The minimum atomic E-state index is -0.835. The maximum atomic E-state index is 12.3. The molecule has 108 valence electrons.